The van der Waals surface area contributed by atoms with Crippen LogP contribution in [-0.2, 0) is 11.3 Å². The number of imide groups is 1. The lowest BCUT2D eigenvalue weighted by Gasteiger charge is -2.13. The average molecular weight is 366 g/mol. The molecule has 0 radical (unpaired) electrons. The summed E-state index contributed by atoms with van der Waals surface area (Å²) in [6, 6.07) is 14.2. The van der Waals surface area contributed by atoms with Crippen LogP contribution in [0.1, 0.15) is 49.5 Å². The van der Waals surface area contributed by atoms with Crippen molar-refractivity contribution in [2.24, 2.45) is 0 Å². The molecule has 0 aliphatic carbocycles. The molecule has 1 heterocycles. The SMILES string of the molecule is COC(=O)c1ccc(CNCCCCN2C(=O)c3ccccc3C2=O)cc1. The van der Waals surface area contributed by atoms with E-state index in [9.17, 15) is 14.4 Å². The molecule has 1 aliphatic heterocycles. The number of esters is 1. The maximum absolute atomic E-state index is 12.3. The molecule has 0 spiro atoms. The zero-order chi connectivity index (χ0) is 19.2. The van der Waals surface area contributed by atoms with Gasteiger partial charge in [0.1, 0.15) is 0 Å². The predicted molar refractivity (Wildman–Crippen MR) is 101 cm³/mol. The number of unbranched alkanes of at least 4 members (excludes halogenated alkanes) is 1. The summed E-state index contributed by atoms with van der Waals surface area (Å²) in [5.74, 6) is -0.744. The van der Waals surface area contributed by atoms with E-state index >= 15 is 0 Å². The maximum Gasteiger partial charge on any atom is 0.337 e. The molecule has 2 aromatic rings. The number of rotatable bonds is 8. The van der Waals surface area contributed by atoms with Crippen LogP contribution in [0.5, 0.6) is 0 Å². The number of carbonyl (C=O) groups excluding carboxylic acids is 3. The van der Waals surface area contributed by atoms with Crippen molar-refractivity contribution in [3.05, 3.63) is 70.8 Å². The summed E-state index contributed by atoms with van der Waals surface area (Å²) < 4.78 is 4.67. The molecule has 1 aliphatic rings. The van der Waals surface area contributed by atoms with Gasteiger partial charge in [0.15, 0.2) is 0 Å². The third-order valence-corrected chi connectivity index (χ3v) is 4.57. The number of carbonyl (C=O) groups is 3. The number of methoxy groups -OCH3 is 1. The Bertz CT molecular complexity index is 811. The van der Waals surface area contributed by atoms with Crippen molar-refractivity contribution in [2.45, 2.75) is 19.4 Å². The zero-order valence-electron chi connectivity index (χ0n) is 15.2. The summed E-state index contributed by atoms with van der Waals surface area (Å²) in [5.41, 5.74) is 2.59. The van der Waals surface area contributed by atoms with E-state index in [1.165, 1.54) is 12.0 Å². The van der Waals surface area contributed by atoms with Gasteiger partial charge in [-0.2, -0.15) is 0 Å². The molecule has 0 aromatic heterocycles. The Morgan fingerprint density at radius 3 is 2.19 bits per heavy atom. The minimum atomic E-state index is -0.345. The van der Waals surface area contributed by atoms with Gasteiger partial charge in [0.2, 0.25) is 0 Å². The highest BCUT2D eigenvalue weighted by molar-refractivity contribution is 6.21. The van der Waals surface area contributed by atoms with Gasteiger partial charge in [0.25, 0.3) is 11.8 Å². The molecule has 2 amide bonds. The van der Waals surface area contributed by atoms with E-state index in [4.69, 9.17) is 0 Å². The third-order valence-electron chi connectivity index (χ3n) is 4.57. The smallest absolute Gasteiger partial charge is 0.337 e. The molecule has 0 fully saturated rings. The Balaban J connectivity index is 1.37. The first-order chi connectivity index (χ1) is 13.1. The molecule has 0 bridgehead atoms. The number of benzene rings is 2. The minimum Gasteiger partial charge on any atom is -0.465 e. The van der Waals surface area contributed by atoms with E-state index in [-0.39, 0.29) is 17.8 Å². The monoisotopic (exact) mass is 366 g/mol. The van der Waals surface area contributed by atoms with Crippen LogP contribution in [0.3, 0.4) is 0 Å². The van der Waals surface area contributed by atoms with Gasteiger partial charge in [0.05, 0.1) is 23.8 Å². The minimum absolute atomic E-state index is 0.200. The summed E-state index contributed by atoms with van der Waals surface area (Å²) in [4.78, 5) is 37.3. The molecular weight excluding hydrogens is 344 g/mol. The highest BCUT2D eigenvalue weighted by Gasteiger charge is 2.34. The number of nitrogens with one attached hydrogen (secondary N) is 1. The van der Waals surface area contributed by atoms with Gasteiger partial charge in [0, 0.05) is 13.1 Å². The number of amides is 2. The number of hydrogen-bond donors (Lipinski definition) is 1. The second-order valence-corrected chi connectivity index (χ2v) is 6.38. The van der Waals surface area contributed by atoms with Crippen molar-refractivity contribution in [3.8, 4) is 0 Å². The van der Waals surface area contributed by atoms with E-state index in [1.807, 2.05) is 12.1 Å². The van der Waals surface area contributed by atoms with Crippen LogP contribution in [0.2, 0.25) is 0 Å². The molecular formula is C21H22N2O4. The molecule has 3 rings (SSSR count). The van der Waals surface area contributed by atoms with Crippen LogP contribution in [0.15, 0.2) is 48.5 Å². The fraction of sp³-hybridized carbons (Fsp3) is 0.286. The van der Waals surface area contributed by atoms with Crippen LogP contribution in [0.4, 0.5) is 0 Å². The first kappa shape index (κ1) is 18.8. The topological polar surface area (TPSA) is 75.7 Å². The molecule has 27 heavy (non-hydrogen) atoms. The van der Waals surface area contributed by atoms with Gasteiger partial charge >= 0.3 is 5.97 Å². The quantitative estimate of drug-likeness (QED) is 0.442. The van der Waals surface area contributed by atoms with Crippen molar-refractivity contribution >= 4 is 17.8 Å². The lowest BCUT2D eigenvalue weighted by atomic mass is 10.1. The summed E-state index contributed by atoms with van der Waals surface area (Å²) in [7, 11) is 1.36. The Labute approximate surface area is 158 Å². The van der Waals surface area contributed by atoms with Crippen molar-refractivity contribution in [3.63, 3.8) is 0 Å². The predicted octanol–water partition coefficient (Wildman–Crippen LogP) is 2.64. The van der Waals surface area contributed by atoms with E-state index in [2.05, 4.69) is 10.1 Å². The van der Waals surface area contributed by atoms with Gasteiger partial charge in [-0.1, -0.05) is 24.3 Å². The van der Waals surface area contributed by atoms with Gasteiger partial charge < -0.3 is 10.1 Å². The molecule has 6 nitrogen and oxygen atoms in total. The summed E-state index contributed by atoms with van der Waals surface area (Å²) >= 11 is 0. The van der Waals surface area contributed by atoms with Crippen molar-refractivity contribution < 1.29 is 19.1 Å². The van der Waals surface area contributed by atoms with Gasteiger partial charge in [-0.05, 0) is 49.2 Å². The third kappa shape index (κ3) is 4.23. The van der Waals surface area contributed by atoms with Crippen LogP contribution < -0.4 is 5.32 Å². The fourth-order valence-corrected chi connectivity index (χ4v) is 3.07. The van der Waals surface area contributed by atoms with Crippen molar-refractivity contribution in [1.82, 2.24) is 10.2 Å². The average Bonchev–Trinajstić information content (AvgIpc) is 2.95. The maximum atomic E-state index is 12.3. The van der Waals surface area contributed by atoms with Gasteiger partial charge in [-0.15, -0.1) is 0 Å². The van der Waals surface area contributed by atoms with Gasteiger partial charge in [-0.3, -0.25) is 14.5 Å². The zero-order valence-corrected chi connectivity index (χ0v) is 15.2. The molecule has 140 valence electrons. The molecule has 6 heteroatoms. The largest absolute Gasteiger partial charge is 0.465 e. The normalized spacial score (nSPS) is 13.0. The molecule has 0 atom stereocenters. The molecule has 0 unspecified atom stereocenters. The van der Waals surface area contributed by atoms with Crippen LogP contribution in [0, 0.1) is 0 Å². The van der Waals surface area contributed by atoms with E-state index in [0.717, 1.165) is 24.9 Å². The highest BCUT2D eigenvalue weighted by Crippen LogP contribution is 2.22. The number of fused-ring (bicyclic) bond motifs is 1. The second-order valence-electron chi connectivity index (χ2n) is 6.38. The first-order valence-corrected chi connectivity index (χ1v) is 8.95. The molecule has 0 saturated carbocycles. The van der Waals surface area contributed by atoms with Crippen LogP contribution >= 0.6 is 0 Å². The number of nitrogens with zero attached hydrogens (tertiary/aromatic N) is 1. The standard InChI is InChI=1S/C21H22N2O4/c1-27-21(26)16-10-8-15(9-11-16)14-22-12-4-5-13-23-19(24)17-6-2-3-7-18(17)20(23)25/h2-3,6-11,22H,4-5,12-14H2,1H3. The van der Waals surface area contributed by atoms with Crippen LogP contribution in [0.25, 0.3) is 0 Å². The van der Waals surface area contributed by atoms with Crippen LogP contribution in [-0.4, -0.2) is 42.9 Å². The Morgan fingerprint density at radius 2 is 1.59 bits per heavy atom. The fourth-order valence-electron chi connectivity index (χ4n) is 3.07. The Morgan fingerprint density at radius 1 is 0.963 bits per heavy atom. The summed E-state index contributed by atoms with van der Waals surface area (Å²) in [6.45, 7) is 1.90. The lowest BCUT2D eigenvalue weighted by molar-refractivity contribution is 0.0598. The highest BCUT2D eigenvalue weighted by atomic mass is 16.5. The van der Waals surface area contributed by atoms with Crippen molar-refractivity contribution in [1.29, 1.82) is 0 Å². The first-order valence-electron chi connectivity index (χ1n) is 8.95. The molecule has 0 saturated heterocycles. The number of hydrogen-bond acceptors (Lipinski definition) is 5. The Hall–Kier alpha value is -2.99. The van der Waals surface area contributed by atoms with E-state index in [0.29, 0.717) is 29.8 Å². The van der Waals surface area contributed by atoms with E-state index in [1.54, 1.807) is 36.4 Å². The second kappa shape index (κ2) is 8.60. The van der Waals surface area contributed by atoms with E-state index < -0.39 is 0 Å². The lowest BCUT2D eigenvalue weighted by Crippen LogP contribution is -2.31. The van der Waals surface area contributed by atoms with Crippen molar-refractivity contribution in [2.75, 3.05) is 20.2 Å². The summed E-state index contributed by atoms with van der Waals surface area (Å²) in [6.07, 6.45) is 1.60. The number of ether oxygens (including phenoxy) is 1. The summed E-state index contributed by atoms with van der Waals surface area (Å²) in [5, 5.41) is 3.32. The van der Waals surface area contributed by atoms with Gasteiger partial charge in [-0.25, -0.2) is 4.79 Å². The molecule has 1 N–H and O–H groups in total. The molecule has 2 aromatic carbocycles. The Kier molecular flexibility index (Phi) is 5.98.